The van der Waals surface area contributed by atoms with Gasteiger partial charge in [-0.25, -0.2) is 0 Å². The van der Waals surface area contributed by atoms with Crippen LogP contribution < -0.4 is 16.0 Å². The molecule has 0 spiro atoms. The predicted octanol–water partition coefficient (Wildman–Crippen LogP) is 4.36. The highest BCUT2D eigenvalue weighted by Gasteiger charge is 2.25. The molecule has 1 aromatic rings. The summed E-state index contributed by atoms with van der Waals surface area (Å²) < 4.78 is 0. The minimum atomic E-state index is 0. The van der Waals surface area contributed by atoms with E-state index in [4.69, 9.17) is 4.99 Å². The molecule has 6 heteroatoms. The number of carbonyl (C=O) groups is 1. The zero-order valence-electron chi connectivity index (χ0n) is 17.3. The van der Waals surface area contributed by atoms with Crippen LogP contribution in [0.5, 0.6) is 0 Å². The first-order valence-electron chi connectivity index (χ1n) is 9.71. The van der Waals surface area contributed by atoms with E-state index in [0.717, 1.165) is 31.2 Å². The zero-order chi connectivity index (χ0) is 19.2. The van der Waals surface area contributed by atoms with Crippen molar-refractivity contribution in [3.63, 3.8) is 0 Å². The molecule has 1 aliphatic rings. The third-order valence-electron chi connectivity index (χ3n) is 4.59. The summed E-state index contributed by atoms with van der Waals surface area (Å²) in [6, 6.07) is 8.04. The van der Waals surface area contributed by atoms with Crippen LogP contribution in [0.25, 0.3) is 0 Å². The molecule has 0 radical (unpaired) electrons. The van der Waals surface area contributed by atoms with Gasteiger partial charge in [0.15, 0.2) is 5.96 Å². The molecule has 3 N–H and O–H groups in total. The Kier molecular flexibility index (Phi) is 9.56. The molecular weight excluding hydrogens is 451 g/mol. The van der Waals surface area contributed by atoms with E-state index in [0.29, 0.717) is 18.9 Å². The Balaban J connectivity index is 0.00000364. The fourth-order valence-electron chi connectivity index (χ4n) is 3.71. The predicted molar refractivity (Wildman–Crippen MR) is 125 cm³/mol. The van der Waals surface area contributed by atoms with Crippen molar-refractivity contribution in [2.75, 3.05) is 25.0 Å². The fraction of sp³-hybridized carbons (Fsp3) is 0.619. The number of anilines is 1. The zero-order valence-corrected chi connectivity index (χ0v) is 19.6. The lowest BCUT2D eigenvalue weighted by atomic mass is 9.84. The third kappa shape index (κ3) is 7.68. The molecule has 2 rings (SSSR count). The number of nitrogens with zero attached hydrogens (tertiary/aromatic N) is 1. The molecule has 1 unspecified atom stereocenters. The number of halogens is 1. The second kappa shape index (κ2) is 10.9. The molecule has 1 aliphatic heterocycles. The van der Waals surface area contributed by atoms with Crippen LogP contribution in [0, 0.1) is 11.3 Å². The number of hydrogen-bond donors (Lipinski definition) is 3. The number of amides is 1. The number of nitrogens with one attached hydrogen (secondary N) is 3. The van der Waals surface area contributed by atoms with E-state index in [1.54, 1.807) is 0 Å². The van der Waals surface area contributed by atoms with Crippen LogP contribution in [0.3, 0.4) is 0 Å². The average molecular weight is 486 g/mol. The van der Waals surface area contributed by atoms with Gasteiger partial charge in [-0.2, -0.15) is 0 Å². The van der Waals surface area contributed by atoms with Gasteiger partial charge < -0.3 is 16.0 Å². The van der Waals surface area contributed by atoms with Gasteiger partial charge in [0.1, 0.15) is 0 Å². The van der Waals surface area contributed by atoms with Crippen molar-refractivity contribution in [1.82, 2.24) is 10.6 Å². The highest BCUT2D eigenvalue weighted by molar-refractivity contribution is 14.0. The SMILES string of the molecule is CCNC(=NCC(C)(C)CC(C)C)NCC1CC(=O)Nc2ccccc21.I. The van der Waals surface area contributed by atoms with Gasteiger partial charge in [0.05, 0.1) is 0 Å². The van der Waals surface area contributed by atoms with E-state index in [2.05, 4.69) is 56.6 Å². The van der Waals surface area contributed by atoms with Crippen molar-refractivity contribution in [3.8, 4) is 0 Å². The summed E-state index contributed by atoms with van der Waals surface area (Å²) in [5, 5.41) is 9.71. The van der Waals surface area contributed by atoms with E-state index in [1.165, 1.54) is 5.56 Å². The smallest absolute Gasteiger partial charge is 0.225 e. The fourth-order valence-corrected chi connectivity index (χ4v) is 3.71. The Morgan fingerprint density at radius 3 is 2.67 bits per heavy atom. The van der Waals surface area contributed by atoms with Gasteiger partial charge in [-0.05, 0) is 36.3 Å². The number of hydrogen-bond acceptors (Lipinski definition) is 2. The molecule has 0 saturated heterocycles. The van der Waals surface area contributed by atoms with Gasteiger partial charge in [-0.1, -0.05) is 45.9 Å². The van der Waals surface area contributed by atoms with Crippen molar-refractivity contribution >= 4 is 41.5 Å². The van der Waals surface area contributed by atoms with Gasteiger partial charge in [-0.3, -0.25) is 9.79 Å². The second-order valence-electron chi connectivity index (χ2n) is 8.37. The van der Waals surface area contributed by atoms with Crippen molar-refractivity contribution in [2.24, 2.45) is 16.3 Å². The quantitative estimate of drug-likeness (QED) is 0.305. The van der Waals surface area contributed by atoms with Crippen LogP contribution in [0.15, 0.2) is 29.3 Å². The van der Waals surface area contributed by atoms with E-state index in [1.807, 2.05) is 18.2 Å². The average Bonchev–Trinajstić information content (AvgIpc) is 2.56. The molecule has 0 fully saturated rings. The van der Waals surface area contributed by atoms with Crippen LogP contribution in [0.1, 0.15) is 58.9 Å². The largest absolute Gasteiger partial charge is 0.357 e. The summed E-state index contributed by atoms with van der Waals surface area (Å²) in [7, 11) is 0. The summed E-state index contributed by atoms with van der Waals surface area (Å²) in [4.78, 5) is 16.8. The Bertz CT molecular complexity index is 643. The minimum absolute atomic E-state index is 0. The van der Waals surface area contributed by atoms with Gasteiger partial charge in [0.2, 0.25) is 5.91 Å². The number of carbonyl (C=O) groups excluding carboxylic acids is 1. The van der Waals surface area contributed by atoms with Crippen LogP contribution in [0.4, 0.5) is 5.69 Å². The van der Waals surface area contributed by atoms with E-state index < -0.39 is 0 Å². The first kappa shape index (κ1) is 23.7. The maximum Gasteiger partial charge on any atom is 0.225 e. The summed E-state index contributed by atoms with van der Waals surface area (Å²) in [6.45, 7) is 13.4. The van der Waals surface area contributed by atoms with Gasteiger partial charge >= 0.3 is 0 Å². The van der Waals surface area contributed by atoms with Crippen molar-refractivity contribution in [3.05, 3.63) is 29.8 Å². The molecule has 0 aromatic heterocycles. The number of benzene rings is 1. The number of rotatable bonds is 7. The maximum absolute atomic E-state index is 12.0. The van der Waals surface area contributed by atoms with E-state index in [9.17, 15) is 4.79 Å². The Morgan fingerprint density at radius 2 is 2.00 bits per heavy atom. The lowest BCUT2D eigenvalue weighted by molar-refractivity contribution is -0.116. The Morgan fingerprint density at radius 1 is 1.30 bits per heavy atom. The number of fused-ring (bicyclic) bond motifs is 1. The normalized spacial score (nSPS) is 17.0. The van der Waals surface area contributed by atoms with Gasteiger partial charge in [0.25, 0.3) is 0 Å². The molecule has 27 heavy (non-hydrogen) atoms. The van der Waals surface area contributed by atoms with Crippen molar-refractivity contribution in [2.45, 2.75) is 53.4 Å². The molecule has 1 amide bonds. The first-order chi connectivity index (χ1) is 12.3. The van der Waals surface area contributed by atoms with E-state index >= 15 is 0 Å². The molecule has 1 atom stereocenters. The third-order valence-corrected chi connectivity index (χ3v) is 4.59. The minimum Gasteiger partial charge on any atom is -0.357 e. The summed E-state index contributed by atoms with van der Waals surface area (Å²) in [5.74, 6) is 1.73. The first-order valence-corrected chi connectivity index (χ1v) is 9.71. The van der Waals surface area contributed by atoms with Crippen molar-refractivity contribution in [1.29, 1.82) is 0 Å². The molecule has 1 aromatic carbocycles. The topological polar surface area (TPSA) is 65.5 Å². The van der Waals surface area contributed by atoms with Gasteiger partial charge in [0, 0.05) is 37.7 Å². The molecular formula is C21H35IN4O. The van der Waals surface area contributed by atoms with Crippen LogP contribution in [-0.4, -0.2) is 31.5 Å². The molecule has 0 saturated carbocycles. The maximum atomic E-state index is 12.0. The van der Waals surface area contributed by atoms with Gasteiger partial charge in [-0.15, -0.1) is 24.0 Å². The number of aliphatic imine (C=N–C) groups is 1. The second-order valence-corrected chi connectivity index (χ2v) is 8.37. The Hall–Kier alpha value is -1.31. The molecule has 0 bridgehead atoms. The van der Waals surface area contributed by atoms with Crippen LogP contribution in [-0.2, 0) is 4.79 Å². The lowest BCUT2D eigenvalue weighted by Gasteiger charge is -2.27. The summed E-state index contributed by atoms with van der Waals surface area (Å²) in [5.41, 5.74) is 2.29. The van der Waals surface area contributed by atoms with Crippen molar-refractivity contribution < 1.29 is 4.79 Å². The highest BCUT2D eigenvalue weighted by atomic mass is 127. The molecule has 0 aliphatic carbocycles. The Labute approximate surface area is 181 Å². The molecule has 5 nitrogen and oxygen atoms in total. The highest BCUT2D eigenvalue weighted by Crippen LogP contribution is 2.31. The number of para-hydroxylation sites is 1. The lowest BCUT2D eigenvalue weighted by Crippen LogP contribution is -2.41. The number of guanidine groups is 1. The standard InChI is InChI=1S/C21H34N4O.HI/c1-6-22-20(24-14-21(4,5)12-15(2)3)23-13-16-11-19(26)25-18-10-8-7-9-17(16)18;/h7-10,15-16H,6,11-14H2,1-5H3,(H,25,26)(H2,22,23,24);1H. The molecule has 1 heterocycles. The summed E-state index contributed by atoms with van der Waals surface area (Å²) in [6.07, 6.45) is 1.65. The monoisotopic (exact) mass is 486 g/mol. The summed E-state index contributed by atoms with van der Waals surface area (Å²) >= 11 is 0. The van der Waals surface area contributed by atoms with E-state index in [-0.39, 0.29) is 41.2 Å². The van der Waals surface area contributed by atoms with Crippen LogP contribution >= 0.6 is 24.0 Å². The molecule has 152 valence electrons. The van der Waals surface area contributed by atoms with Crippen LogP contribution in [0.2, 0.25) is 0 Å².